The summed E-state index contributed by atoms with van der Waals surface area (Å²) in [6.07, 6.45) is 2.01. The number of benzene rings is 2. The molecule has 0 spiro atoms. The lowest BCUT2D eigenvalue weighted by Gasteiger charge is -2.25. The molecule has 0 amide bonds. The lowest BCUT2D eigenvalue weighted by atomic mass is 9.86. The minimum Gasteiger partial charge on any atom is -0.504 e. The van der Waals surface area contributed by atoms with Crippen molar-refractivity contribution in [2.75, 3.05) is 13.7 Å². The average molecular weight is 327 g/mol. The van der Waals surface area contributed by atoms with E-state index in [0.29, 0.717) is 30.5 Å². The minimum atomic E-state index is -0.250. The highest BCUT2D eigenvalue weighted by atomic mass is 16.5. The number of Topliss-reactive ketones (excluding diaryl/α,β-unsaturated/α-hetero) is 1. The largest absolute Gasteiger partial charge is 0.504 e. The van der Waals surface area contributed by atoms with Crippen molar-refractivity contribution < 1.29 is 19.7 Å². The molecule has 0 saturated heterocycles. The van der Waals surface area contributed by atoms with Crippen molar-refractivity contribution in [2.24, 2.45) is 0 Å². The maximum atomic E-state index is 12.5. The number of carbonyl (C=O) groups excluding carboxylic acids is 1. The topological polar surface area (TPSA) is 78.8 Å². The predicted molar refractivity (Wildman–Crippen MR) is 90.9 cm³/mol. The number of phenolic OH excluding ortho intramolecular Hbond substituents is 2. The summed E-state index contributed by atoms with van der Waals surface area (Å²) in [5, 5.41) is 22.7. The van der Waals surface area contributed by atoms with Gasteiger partial charge in [-0.25, -0.2) is 0 Å². The van der Waals surface area contributed by atoms with E-state index >= 15 is 0 Å². The van der Waals surface area contributed by atoms with Crippen LogP contribution in [0.2, 0.25) is 0 Å². The zero-order valence-electron chi connectivity index (χ0n) is 13.6. The van der Waals surface area contributed by atoms with Gasteiger partial charge in [0, 0.05) is 11.1 Å². The number of nitrogens with one attached hydrogen (secondary N) is 1. The van der Waals surface area contributed by atoms with Gasteiger partial charge in [-0.2, -0.15) is 0 Å². The van der Waals surface area contributed by atoms with E-state index in [0.717, 1.165) is 12.2 Å². The number of hydrogen-bond donors (Lipinski definition) is 3. The molecule has 0 aromatic heterocycles. The SMILES string of the molecule is COc1ccc(CCNC2CCc3c(ccc(O)c3O)C2=O)cc1. The first-order chi connectivity index (χ1) is 11.6. The van der Waals surface area contributed by atoms with Gasteiger partial charge in [-0.05, 0) is 55.6 Å². The zero-order chi connectivity index (χ0) is 17.1. The van der Waals surface area contributed by atoms with E-state index in [1.54, 1.807) is 13.2 Å². The molecule has 0 heterocycles. The van der Waals surface area contributed by atoms with Crippen molar-refractivity contribution >= 4 is 5.78 Å². The highest BCUT2D eigenvalue weighted by Gasteiger charge is 2.29. The van der Waals surface area contributed by atoms with Crippen LogP contribution in [-0.2, 0) is 12.8 Å². The Bertz CT molecular complexity index is 740. The summed E-state index contributed by atoms with van der Waals surface area (Å²) in [7, 11) is 1.64. The van der Waals surface area contributed by atoms with Gasteiger partial charge in [0.1, 0.15) is 5.75 Å². The summed E-state index contributed by atoms with van der Waals surface area (Å²) in [6.45, 7) is 0.697. The molecule has 0 bridgehead atoms. The predicted octanol–water partition coefficient (Wildman–Crippen LogP) is 2.44. The number of ketones is 1. The van der Waals surface area contributed by atoms with Gasteiger partial charge in [-0.15, -0.1) is 0 Å². The molecule has 1 aliphatic carbocycles. The van der Waals surface area contributed by atoms with E-state index in [1.807, 2.05) is 24.3 Å². The summed E-state index contributed by atoms with van der Waals surface area (Å²) < 4.78 is 5.14. The number of fused-ring (bicyclic) bond motifs is 1. The molecule has 1 atom stereocenters. The molecule has 3 rings (SSSR count). The lowest BCUT2D eigenvalue weighted by Crippen LogP contribution is -2.41. The number of methoxy groups -OCH3 is 1. The Labute approximate surface area is 140 Å². The van der Waals surface area contributed by atoms with Crippen molar-refractivity contribution in [3.63, 3.8) is 0 Å². The summed E-state index contributed by atoms with van der Waals surface area (Å²) in [4.78, 5) is 12.5. The van der Waals surface area contributed by atoms with Crippen LogP contribution in [0.4, 0.5) is 0 Å². The molecule has 5 nitrogen and oxygen atoms in total. The Morgan fingerprint density at radius 1 is 1.17 bits per heavy atom. The first-order valence-corrected chi connectivity index (χ1v) is 8.04. The molecular formula is C19H21NO4. The standard InChI is InChI=1S/C19H21NO4/c1-24-13-4-2-12(3-5-13)10-11-20-16-8-6-15-14(18(16)22)7-9-17(21)19(15)23/h2-5,7,9,16,20-21,23H,6,8,10-11H2,1H3. The summed E-state index contributed by atoms with van der Waals surface area (Å²) in [5.41, 5.74) is 2.22. The molecule has 2 aromatic carbocycles. The molecule has 3 N–H and O–H groups in total. The van der Waals surface area contributed by atoms with E-state index in [4.69, 9.17) is 4.74 Å². The maximum Gasteiger partial charge on any atom is 0.180 e. The highest BCUT2D eigenvalue weighted by molar-refractivity contribution is 6.03. The monoisotopic (exact) mass is 327 g/mol. The van der Waals surface area contributed by atoms with Crippen molar-refractivity contribution in [2.45, 2.75) is 25.3 Å². The molecule has 0 saturated carbocycles. The molecule has 24 heavy (non-hydrogen) atoms. The third-order valence-corrected chi connectivity index (χ3v) is 4.49. The molecule has 0 radical (unpaired) electrons. The van der Waals surface area contributed by atoms with Crippen LogP contribution in [0, 0.1) is 0 Å². The molecule has 126 valence electrons. The Morgan fingerprint density at radius 3 is 2.62 bits per heavy atom. The van der Waals surface area contributed by atoms with Crippen molar-refractivity contribution in [1.29, 1.82) is 0 Å². The van der Waals surface area contributed by atoms with E-state index in [1.165, 1.54) is 11.6 Å². The molecular weight excluding hydrogens is 306 g/mol. The van der Waals surface area contributed by atoms with Crippen LogP contribution in [0.1, 0.15) is 27.9 Å². The highest BCUT2D eigenvalue weighted by Crippen LogP contribution is 2.35. The van der Waals surface area contributed by atoms with E-state index in [2.05, 4.69) is 5.32 Å². The van der Waals surface area contributed by atoms with Crippen molar-refractivity contribution in [1.82, 2.24) is 5.32 Å². The number of hydrogen-bond acceptors (Lipinski definition) is 5. The number of ether oxygens (including phenoxy) is 1. The van der Waals surface area contributed by atoms with Gasteiger partial charge in [0.25, 0.3) is 0 Å². The fraction of sp³-hybridized carbons (Fsp3) is 0.316. The third kappa shape index (κ3) is 3.21. The minimum absolute atomic E-state index is 0.0266. The van der Waals surface area contributed by atoms with Gasteiger partial charge in [0.05, 0.1) is 13.2 Å². The molecule has 0 aliphatic heterocycles. The normalized spacial score (nSPS) is 16.7. The van der Waals surface area contributed by atoms with Crippen LogP contribution in [0.5, 0.6) is 17.2 Å². The van der Waals surface area contributed by atoms with Gasteiger partial charge in [-0.1, -0.05) is 12.1 Å². The van der Waals surface area contributed by atoms with Crippen molar-refractivity contribution in [3.05, 3.63) is 53.1 Å². The van der Waals surface area contributed by atoms with Gasteiger partial charge in [0.2, 0.25) is 0 Å². The molecule has 5 heteroatoms. The molecule has 1 unspecified atom stereocenters. The van der Waals surface area contributed by atoms with Gasteiger partial charge < -0.3 is 20.3 Å². The second-order valence-corrected chi connectivity index (χ2v) is 5.97. The summed E-state index contributed by atoms with van der Waals surface area (Å²) in [6, 6.07) is 10.6. The van der Waals surface area contributed by atoms with Crippen LogP contribution in [0.25, 0.3) is 0 Å². The van der Waals surface area contributed by atoms with Gasteiger partial charge >= 0.3 is 0 Å². The molecule has 2 aromatic rings. The van der Waals surface area contributed by atoms with Crippen LogP contribution in [0.15, 0.2) is 36.4 Å². The number of rotatable bonds is 5. The van der Waals surface area contributed by atoms with Crippen LogP contribution >= 0.6 is 0 Å². The third-order valence-electron chi connectivity index (χ3n) is 4.49. The fourth-order valence-corrected chi connectivity index (χ4v) is 3.09. The van der Waals surface area contributed by atoms with Crippen LogP contribution in [-0.4, -0.2) is 35.7 Å². The first-order valence-electron chi connectivity index (χ1n) is 8.04. The summed E-state index contributed by atoms with van der Waals surface area (Å²) in [5.74, 6) is 0.458. The number of carbonyl (C=O) groups is 1. The van der Waals surface area contributed by atoms with Gasteiger partial charge in [0.15, 0.2) is 17.3 Å². The zero-order valence-corrected chi connectivity index (χ0v) is 13.6. The van der Waals surface area contributed by atoms with Gasteiger partial charge in [-0.3, -0.25) is 4.79 Å². The Kier molecular flexibility index (Phi) is 4.71. The van der Waals surface area contributed by atoms with Crippen LogP contribution < -0.4 is 10.1 Å². The second-order valence-electron chi connectivity index (χ2n) is 5.97. The van der Waals surface area contributed by atoms with E-state index < -0.39 is 0 Å². The molecule has 0 fully saturated rings. The molecule has 1 aliphatic rings. The number of phenols is 2. The van der Waals surface area contributed by atoms with Crippen molar-refractivity contribution in [3.8, 4) is 17.2 Å². The Hall–Kier alpha value is -2.53. The summed E-state index contributed by atoms with van der Waals surface area (Å²) >= 11 is 0. The van der Waals surface area contributed by atoms with E-state index in [-0.39, 0.29) is 23.3 Å². The lowest BCUT2D eigenvalue weighted by molar-refractivity contribution is 0.0927. The smallest absolute Gasteiger partial charge is 0.180 e. The number of aromatic hydroxyl groups is 2. The quantitative estimate of drug-likeness (QED) is 0.735. The van der Waals surface area contributed by atoms with Crippen LogP contribution in [0.3, 0.4) is 0 Å². The first kappa shape index (κ1) is 16.3. The fourth-order valence-electron chi connectivity index (χ4n) is 3.09. The average Bonchev–Trinajstić information content (AvgIpc) is 2.61. The second kappa shape index (κ2) is 6.93. The Balaban J connectivity index is 1.60. The maximum absolute atomic E-state index is 12.5. The van der Waals surface area contributed by atoms with E-state index in [9.17, 15) is 15.0 Å². The Morgan fingerprint density at radius 2 is 1.92 bits per heavy atom.